The molecule has 9 aromatic carbocycles. The first-order valence-electron chi connectivity index (χ1n) is 36.2. The standard InChI is InChI=1S/C30H35NO3.C30H35NO.C29H34N2O3/c1-31-20-5-9-26(31)19-22-34-28-17-13-25(14-18-28)30(24-11-15-27(33)16-12-24)29(10-6-21-32)23-7-3-2-4-8-23;1-22(2)31-20-28(21-31)24-15-17-27(18-16-24)30(26-13-11-23(3)12-14-26)29(10-7-19-32)25-8-5-4-6-9-25;32-21-4-7-28(23-5-2-1-3-6-23)29(24-8-12-26(33)13-9-24)25-10-14-27(15-11-25)34-22-20-31-18-16-30-17-19-31/h2-4,7-8,11-18,26,32-33H,5-6,9-10,19-22H2,1H3;4-6,8-9,11-18,22,28,32H,7,10,19-21H2,1-3H3;1-3,5-6,8-15,30,32-33H,4,7,16-22H2/b2*30-29-;29-28-/t26-;;/m1../s1. The van der Waals surface area contributed by atoms with Crippen molar-refractivity contribution in [2.24, 2.45) is 0 Å². The highest BCUT2D eigenvalue weighted by Gasteiger charge is 2.30. The molecule has 3 heterocycles. The summed E-state index contributed by atoms with van der Waals surface area (Å²) < 4.78 is 12.1. The Kier molecular flexibility index (Phi) is 28.5. The van der Waals surface area contributed by atoms with E-state index in [4.69, 9.17) is 9.47 Å². The third-order valence-corrected chi connectivity index (χ3v) is 19.6. The van der Waals surface area contributed by atoms with Crippen molar-refractivity contribution in [1.82, 2.24) is 20.0 Å². The average molecular weight is 1340 g/mol. The predicted octanol–water partition coefficient (Wildman–Crippen LogP) is 16.9. The molecule has 0 radical (unpaired) electrons. The largest absolute Gasteiger partial charge is 0.508 e. The lowest BCUT2D eigenvalue weighted by Crippen LogP contribution is -2.48. The second kappa shape index (κ2) is 38.6. The van der Waals surface area contributed by atoms with Gasteiger partial charge in [-0.25, -0.2) is 0 Å². The number of aryl methyl sites for hydroxylation is 1. The van der Waals surface area contributed by atoms with E-state index in [1.54, 1.807) is 24.3 Å². The number of nitrogens with one attached hydrogen (secondary N) is 1. The number of nitrogens with zero attached hydrogens (tertiary/aromatic N) is 3. The van der Waals surface area contributed by atoms with Crippen molar-refractivity contribution in [2.75, 3.05) is 92.4 Å². The summed E-state index contributed by atoms with van der Waals surface area (Å²) >= 11 is 0. The van der Waals surface area contributed by atoms with Crippen LogP contribution in [0.2, 0.25) is 0 Å². The second-order valence-corrected chi connectivity index (χ2v) is 26.9. The lowest BCUT2D eigenvalue weighted by atomic mass is 9.85. The van der Waals surface area contributed by atoms with Gasteiger partial charge in [0.15, 0.2) is 0 Å². The number of hydrogen-bond donors (Lipinski definition) is 6. The maximum absolute atomic E-state index is 9.85. The van der Waals surface area contributed by atoms with Crippen LogP contribution in [0.3, 0.4) is 0 Å². The maximum Gasteiger partial charge on any atom is 0.119 e. The molecule has 0 bridgehead atoms. The summed E-state index contributed by atoms with van der Waals surface area (Å²) in [4.78, 5) is 7.38. The molecule has 6 N–H and O–H groups in total. The predicted molar refractivity (Wildman–Crippen MR) is 413 cm³/mol. The van der Waals surface area contributed by atoms with Gasteiger partial charge in [-0.3, -0.25) is 9.80 Å². The molecule has 0 spiro atoms. The van der Waals surface area contributed by atoms with Gasteiger partial charge in [0.2, 0.25) is 0 Å². The lowest BCUT2D eigenvalue weighted by molar-refractivity contribution is 0.110. The van der Waals surface area contributed by atoms with Crippen LogP contribution in [0, 0.1) is 6.92 Å². The van der Waals surface area contributed by atoms with E-state index in [1.807, 2.05) is 84.9 Å². The van der Waals surface area contributed by atoms with Gasteiger partial charge in [0.25, 0.3) is 0 Å². The smallest absolute Gasteiger partial charge is 0.119 e. The third kappa shape index (κ3) is 21.1. The normalized spacial score (nSPS) is 15.9. The molecule has 0 aromatic heterocycles. The fourth-order valence-electron chi connectivity index (χ4n) is 13.8. The van der Waals surface area contributed by atoms with Gasteiger partial charge < -0.3 is 45.2 Å². The molecule has 3 saturated heterocycles. The molecule has 3 aliphatic rings. The first-order chi connectivity index (χ1) is 49.0. The first kappa shape index (κ1) is 73.8. The number of ether oxygens (including phenoxy) is 2. The molecule has 11 nitrogen and oxygen atoms in total. The number of aliphatic hydroxyl groups is 3. The fourth-order valence-corrected chi connectivity index (χ4v) is 13.8. The van der Waals surface area contributed by atoms with Crippen molar-refractivity contribution in [1.29, 1.82) is 0 Å². The minimum Gasteiger partial charge on any atom is -0.508 e. The number of allylic oxidation sites excluding steroid dienone is 3. The summed E-state index contributed by atoms with van der Waals surface area (Å²) in [6.45, 7) is 17.2. The fraction of sp³-hybridized carbons (Fsp3) is 0.326. The number of rotatable bonds is 28. The summed E-state index contributed by atoms with van der Waals surface area (Å²) in [6, 6.07) is 81.9. The Balaban J connectivity index is 0.000000162. The molecule has 0 aliphatic carbocycles. The van der Waals surface area contributed by atoms with E-state index in [-0.39, 0.29) is 31.3 Å². The van der Waals surface area contributed by atoms with E-state index in [9.17, 15) is 25.5 Å². The summed E-state index contributed by atoms with van der Waals surface area (Å²) in [5.74, 6) is 2.87. The zero-order chi connectivity index (χ0) is 69.8. The Bertz CT molecular complexity index is 3960. The number of hydrogen-bond acceptors (Lipinski definition) is 11. The van der Waals surface area contributed by atoms with Crippen LogP contribution in [0.4, 0.5) is 0 Å². The minimum atomic E-state index is 0.138. The van der Waals surface area contributed by atoms with Crippen LogP contribution in [0.25, 0.3) is 33.4 Å². The number of likely N-dealkylation sites (tertiary alicyclic amines) is 2. The number of aromatic hydroxyl groups is 2. The molecular formula is C89H104N4O7. The highest BCUT2D eigenvalue weighted by atomic mass is 16.5. The Morgan fingerprint density at radius 2 is 0.820 bits per heavy atom. The lowest BCUT2D eigenvalue weighted by Gasteiger charge is -2.42. The van der Waals surface area contributed by atoms with Crippen molar-refractivity contribution in [3.8, 4) is 23.0 Å². The second-order valence-electron chi connectivity index (χ2n) is 26.9. The summed E-state index contributed by atoms with van der Waals surface area (Å²) in [7, 11) is 2.20. The molecule has 3 fully saturated rings. The Labute approximate surface area is 595 Å². The van der Waals surface area contributed by atoms with Crippen LogP contribution in [-0.4, -0.2) is 145 Å². The van der Waals surface area contributed by atoms with Crippen LogP contribution in [0.15, 0.2) is 237 Å². The summed E-state index contributed by atoms with van der Waals surface area (Å²) in [5.41, 5.74) is 20.0. The van der Waals surface area contributed by atoms with Crippen LogP contribution in [0.1, 0.15) is 139 Å². The van der Waals surface area contributed by atoms with E-state index >= 15 is 0 Å². The maximum atomic E-state index is 9.85. The molecule has 1 atom stereocenters. The average Bonchev–Trinajstić information content (AvgIpc) is 0.880. The van der Waals surface area contributed by atoms with Crippen LogP contribution in [-0.2, 0) is 0 Å². The molecule has 0 amide bonds. The zero-order valence-corrected chi connectivity index (χ0v) is 59.2. The Morgan fingerprint density at radius 1 is 0.450 bits per heavy atom. The van der Waals surface area contributed by atoms with E-state index < -0.39 is 0 Å². The zero-order valence-electron chi connectivity index (χ0n) is 59.2. The van der Waals surface area contributed by atoms with Gasteiger partial charge in [-0.15, -0.1) is 0 Å². The first-order valence-corrected chi connectivity index (χ1v) is 36.2. The third-order valence-electron chi connectivity index (χ3n) is 19.6. The Morgan fingerprint density at radius 3 is 1.19 bits per heavy atom. The van der Waals surface area contributed by atoms with E-state index in [0.29, 0.717) is 37.5 Å². The van der Waals surface area contributed by atoms with Crippen molar-refractivity contribution in [3.63, 3.8) is 0 Å². The molecule has 522 valence electrons. The van der Waals surface area contributed by atoms with Crippen molar-refractivity contribution >= 4 is 33.4 Å². The number of piperazine rings is 1. The monoisotopic (exact) mass is 1340 g/mol. The quantitative estimate of drug-likeness (QED) is 0.0261. The van der Waals surface area contributed by atoms with Gasteiger partial charge in [-0.2, -0.15) is 0 Å². The minimum absolute atomic E-state index is 0.138. The van der Waals surface area contributed by atoms with Crippen LogP contribution in [0.5, 0.6) is 23.0 Å². The van der Waals surface area contributed by atoms with Crippen molar-refractivity contribution in [3.05, 3.63) is 298 Å². The number of phenolic OH excluding ortho intramolecular Hbond substituents is 2. The highest BCUT2D eigenvalue weighted by Crippen LogP contribution is 2.40. The van der Waals surface area contributed by atoms with Gasteiger partial charge >= 0.3 is 0 Å². The van der Waals surface area contributed by atoms with E-state index in [1.165, 1.54) is 69.5 Å². The topological polar surface area (TPSA) is 141 Å². The van der Waals surface area contributed by atoms with Crippen molar-refractivity contribution in [2.45, 2.75) is 96.6 Å². The SMILES string of the molecule is CN1CCC[C@@H]1CCOc1ccc(/C(=C(/CCCO)c2ccccc2)c2ccc(O)cc2)cc1.Cc1ccc(/C(=C(\CCCO)c2ccccc2)c2ccc(C3CN(C(C)C)C3)cc2)cc1.OCCC/C(=C(\c1ccc(O)cc1)c1ccc(OCCN2CCNCC2)cc1)c1ccccc1. The van der Waals surface area contributed by atoms with Gasteiger partial charge in [0, 0.05) is 83.6 Å². The number of benzene rings is 9. The molecule has 12 rings (SSSR count). The number of phenols is 2. The number of aliphatic hydroxyl groups excluding tert-OH is 3. The molecule has 11 heteroatoms. The Hall–Kier alpha value is -8.88. The van der Waals surface area contributed by atoms with Gasteiger partial charge in [0.05, 0.1) is 6.61 Å². The molecule has 3 aliphatic heterocycles. The van der Waals surface area contributed by atoms with Gasteiger partial charge in [0.1, 0.15) is 29.6 Å². The van der Waals surface area contributed by atoms with Crippen LogP contribution >= 0.6 is 0 Å². The molecule has 0 saturated carbocycles. The summed E-state index contributed by atoms with van der Waals surface area (Å²) in [5, 5.41) is 51.8. The summed E-state index contributed by atoms with van der Waals surface area (Å²) in [6.07, 6.45) is 8.06. The van der Waals surface area contributed by atoms with Gasteiger partial charge in [-0.1, -0.05) is 194 Å². The van der Waals surface area contributed by atoms with Crippen molar-refractivity contribution < 1.29 is 35.0 Å². The molecule has 100 heavy (non-hydrogen) atoms. The molecule has 9 aromatic rings. The molecule has 0 unspecified atom stereocenters. The van der Waals surface area contributed by atoms with E-state index in [0.717, 1.165) is 141 Å². The van der Waals surface area contributed by atoms with E-state index in [2.05, 4.69) is 175 Å². The van der Waals surface area contributed by atoms with Crippen LogP contribution < -0.4 is 14.8 Å². The highest BCUT2D eigenvalue weighted by molar-refractivity contribution is 6.01. The van der Waals surface area contributed by atoms with Gasteiger partial charge in [-0.05, 0) is 230 Å². The molecular weight excluding hydrogens is 1240 g/mol.